The Kier molecular flexibility index (Phi) is 16.7. The van der Waals surface area contributed by atoms with Crippen molar-refractivity contribution in [2.24, 2.45) is 0 Å². The summed E-state index contributed by atoms with van der Waals surface area (Å²) in [5.74, 6) is -8.14. The molecular formula is C64H50N2O17S. The van der Waals surface area contributed by atoms with Gasteiger partial charge in [-0.15, -0.1) is 0 Å². The second-order valence-electron chi connectivity index (χ2n) is 19.6. The third kappa shape index (κ3) is 11.6. The first-order valence-electron chi connectivity index (χ1n) is 26.6. The Balaban J connectivity index is 1.10. The van der Waals surface area contributed by atoms with Crippen LogP contribution in [0.15, 0.2) is 205 Å². The van der Waals surface area contributed by atoms with Crippen molar-refractivity contribution in [1.82, 2.24) is 9.80 Å². The number of esters is 5. The molecule has 4 heterocycles. The zero-order valence-corrected chi connectivity index (χ0v) is 45.3. The van der Waals surface area contributed by atoms with Gasteiger partial charge in [0.1, 0.15) is 49.0 Å². The molecule has 7 aromatic rings. The van der Waals surface area contributed by atoms with Gasteiger partial charge in [-0.1, -0.05) is 127 Å². The lowest BCUT2D eigenvalue weighted by Gasteiger charge is -2.51. The Morgan fingerprint density at radius 1 is 0.405 bits per heavy atom. The summed E-state index contributed by atoms with van der Waals surface area (Å²) in [6.07, 6.45) is -12.9. The fraction of sp³-hybridized carbons (Fsp3) is 0.203. The first kappa shape index (κ1) is 56.3. The largest absolute Gasteiger partial charge is 0.459 e. The fourth-order valence-corrected chi connectivity index (χ4v) is 11.7. The average Bonchev–Trinajstić information content (AvgIpc) is 2.71. The molecule has 0 unspecified atom stereocenters. The van der Waals surface area contributed by atoms with E-state index in [1.54, 1.807) is 115 Å². The van der Waals surface area contributed by atoms with Crippen LogP contribution in [0.5, 0.6) is 0 Å². The summed E-state index contributed by atoms with van der Waals surface area (Å²) in [6.45, 7) is -0.416. The number of benzene rings is 7. The van der Waals surface area contributed by atoms with Crippen LogP contribution in [0, 0.1) is 0 Å². The molecule has 424 valence electrons. The van der Waals surface area contributed by atoms with Gasteiger partial charge in [-0.2, -0.15) is 0 Å². The summed E-state index contributed by atoms with van der Waals surface area (Å²) >= 11 is 1.05. The Morgan fingerprint density at radius 3 is 1.15 bits per heavy atom. The predicted molar refractivity (Wildman–Crippen MR) is 296 cm³/mol. The van der Waals surface area contributed by atoms with Gasteiger partial charge in [0.15, 0.2) is 24.6 Å². The fourth-order valence-electron chi connectivity index (χ4n) is 10.5. The Labute approximate surface area is 484 Å². The van der Waals surface area contributed by atoms with Gasteiger partial charge in [-0.05, 0) is 84.9 Å². The zero-order valence-electron chi connectivity index (χ0n) is 44.5. The van der Waals surface area contributed by atoms with Gasteiger partial charge in [0.25, 0.3) is 23.6 Å². The summed E-state index contributed by atoms with van der Waals surface area (Å²) in [6, 6.07) is 48.3. The number of hydrogen-bond acceptors (Lipinski definition) is 18. The second kappa shape index (κ2) is 24.9. The van der Waals surface area contributed by atoms with E-state index in [9.17, 15) is 33.6 Å². The number of carbonyl (C=O) groups excluding carboxylic acids is 9. The number of fused-ring (bicyclic) bond motifs is 2. The van der Waals surface area contributed by atoms with Crippen molar-refractivity contribution in [3.05, 3.63) is 245 Å². The molecule has 11 rings (SSSR count). The van der Waals surface area contributed by atoms with Crippen molar-refractivity contribution in [2.45, 2.75) is 72.3 Å². The van der Waals surface area contributed by atoms with E-state index in [0.29, 0.717) is 4.90 Å². The van der Waals surface area contributed by atoms with E-state index >= 15 is 9.59 Å². The van der Waals surface area contributed by atoms with Crippen molar-refractivity contribution in [3.63, 3.8) is 0 Å². The normalized spacial score (nSPS) is 23.4. The molecule has 4 amide bonds. The smallest absolute Gasteiger partial charge is 0.338 e. The van der Waals surface area contributed by atoms with Gasteiger partial charge in [-0.3, -0.25) is 33.8 Å². The van der Waals surface area contributed by atoms with E-state index < -0.39 is 127 Å². The number of rotatable bonds is 17. The van der Waals surface area contributed by atoms with Crippen molar-refractivity contribution < 1.29 is 81.0 Å². The van der Waals surface area contributed by atoms with Crippen LogP contribution in [-0.4, -0.2) is 137 Å². The molecular weight excluding hydrogens is 1100 g/mol. The highest BCUT2D eigenvalue weighted by Crippen LogP contribution is 2.44. The van der Waals surface area contributed by atoms with Crippen LogP contribution in [0.3, 0.4) is 0 Å². The van der Waals surface area contributed by atoms with Crippen LogP contribution in [0.4, 0.5) is 0 Å². The van der Waals surface area contributed by atoms with Gasteiger partial charge in [0.05, 0.1) is 44.5 Å². The second-order valence-corrected chi connectivity index (χ2v) is 20.8. The molecule has 0 bridgehead atoms. The molecule has 20 heteroatoms. The van der Waals surface area contributed by atoms with E-state index in [4.69, 9.17) is 37.9 Å². The topological polar surface area (TPSA) is 234 Å². The molecule has 0 aliphatic carbocycles. The van der Waals surface area contributed by atoms with Gasteiger partial charge in [0, 0.05) is 11.8 Å². The minimum absolute atomic E-state index is 0.0124. The molecule has 2 fully saturated rings. The van der Waals surface area contributed by atoms with Crippen LogP contribution in [-0.2, 0) is 42.7 Å². The third-order valence-corrected chi connectivity index (χ3v) is 15.5. The van der Waals surface area contributed by atoms with E-state index in [0.717, 1.165) is 28.5 Å². The highest BCUT2D eigenvalue weighted by molar-refractivity contribution is 7.99. The number of carbonyl (C=O) groups is 9. The highest BCUT2D eigenvalue weighted by Gasteiger charge is 2.62. The van der Waals surface area contributed by atoms with E-state index in [1.165, 1.54) is 84.9 Å². The summed E-state index contributed by atoms with van der Waals surface area (Å²) in [5, 5.41) is 0. The number of thioether (sulfide) groups is 1. The van der Waals surface area contributed by atoms with Crippen LogP contribution < -0.4 is 0 Å². The van der Waals surface area contributed by atoms with Crippen LogP contribution in [0.1, 0.15) is 89.8 Å². The van der Waals surface area contributed by atoms with E-state index in [1.807, 2.05) is 0 Å². The van der Waals surface area contributed by atoms with Crippen LogP contribution in [0.25, 0.3) is 0 Å². The molecule has 2 saturated heterocycles. The minimum atomic E-state index is -2.13. The molecule has 0 spiro atoms. The lowest BCUT2D eigenvalue weighted by molar-refractivity contribution is -0.318. The Hall–Kier alpha value is -9.60. The lowest BCUT2D eigenvalue weighted by atomic mass is 9.93. The van der Waals surface area contributed by atoms with Gasteiger partial charge in [-0.25, -0.2) is 19.2 Å². The summed E-state index contributed by atoms with van der Waals surface area (Å²) in [5.41, 5.74) is -1.26. The Bertz CT molecular complexity index is 3560. The van der Waals surface area contributed by atoms with Gasteiger partial charge < -0.3 is 37.9 Å². The Morgan fingerprint density at radius 2 is 0.750 bits per heavy atom. The molecule has 0 N–H and O–H groups in total. The van der Waals surface area contributed by atoms with Gasteiger partial charge >= 0.3 is 29.8 Å². The predicted octanol–water partition coefficient (Wildman–Crippen LogP) is 8.04. The van der Waals surface area contributed by atoms with Crippen molar-refractivity contribution >= 4 is 65.2 Å². The molecule has 4 aliphatic heterocycles. The summed E-state index contributed by atoms with van der Waals surface area (Å²) < 4.78 is 51.8. The molecule has 19 nitrogen and oxygen atoms in total. The maximum Gasteiger partial charge on any atom is 0.338 e. The molecule has 7 aromatic carbocycles. The third-order valence-electron chi connectivity index (χ3n) is 14.3. The standard InChI is InChI=1S/C64H50N2O17S/c1-37(67)78-51-47(35-76-59(72)38-21-7-2-8-22-38)79-63(49(53(51)81-61(74)40-25-11-4-12-26-40)65-55(68)43-31-17-18-32-44(43)56(65)69)83-52-48(36-77-60(73)39-23-9-3-10-24-39)80-64(84-42-29-15-6-16-30-42)50(54(52)82-62(75)41-27-13-5-14-28-41)66-57(70)45-33-19-20-34-46(45)58(66)71/h2-34,47-54,63-64H,35-36H2,1H3/t47-,48-,49-,50-,51-,52-,53-,54-,63+,64+/m1/s1. The lowest BCUT2D eigenvalue weighted by Crippen LogP contribution is -2.71. The first-order valence-corrected chi connectivity index (χ1v) is 27.5. The zero-order chi connectivity index (χ0) is 58.4. The summed E-state index contributed by atoms with van der Waals surface area (Å²) in [7, 11) is 0. The molecule has 84 heavy (non-hydrogen) atoms. The maximum absolute atomic E-state index is 15.0. The number of imide groups is 2. The molecule has 0 saturated carbocycles. The molecule has 4 aliphatic rings. The summed E-state index contributed by atoms with van der Waals surface area (Å²) in [4.78, 5) is 133. The van der Waals surface area contributed by atoms with E-state index in [2.05, 4.69) is 0 Å². The number of nitrogens with zero attached hydrogens (tertiary/aromatic N) is 2. The maximum atomic E-state index is 15.0. The van der Waals surface area contributed by atoms with Crippen LogP contribution in [0.2, 0.25) is 0 Å². The van der Waals surface area contributed by atoms with E-state index in [-0.39, 0.29) is 44.5 Å². The van der Waals surface area contributed by atoms with Crippen LogP contribution >= 0.6 is 11.8 Å². The van der Waals surface area contributed by atoms with Crippen molar-refractivity contribution in [1.29, 1.82) is 0 Å². The highest BCUT2D eigenvalue weighted by atomic mass is 32.2. The first-order chi connectivity index (χ1) is 40.8. The van der Waals surface area contributed by atoms with Crippen molar-refractivity contribution in [3.8, 4) is 0 Å². The molecule has 0 aromatic heterocycles. The number of ether oxygens (including phenoxy) is 8. The van der Waals surface area contributed by atoms with Gasteiger partial charge in [0.2, 0.25) is 0 Å². The van der Waals surface area contributed by atoms with Crippen molar-refractivity contribution in [2.75, 3.05) is 13.2 Å². The number of hydrogen-bond donors (Lipinski definition) is 0. The monoisotopic (exact) mass is 1150 g/mol. The molecule has 0 radical (unpaired) electrons. The molecule has 10 atom stereocenters. The SMILES string of the molecule is CC(=O)O[C@H]1[C@H](OC(=O)c2ccccc2)[C@@H](N2C(=O)c3ccccc3C2=O)[C@H](O[C@H]2[C@H](OC(=O)c3ccccc3)[C@@H](N3C(=O)c4ccccc4C3=O)[C@H](Sc3ccccc3)O[C@@H]2COC(=O)c2ccccc2)O[C@@H]1COC(=O)c1ccccc1. The quantitative estimate of drug-likeness (QED) is 0.0476. The number of amides is 4. The minimum Gasteiger partial charge on any atom is -0.459 e. The average molecular weight is 1150 g/mol.